The van der Waals surface area contributed by atoms with E-state index in [0.717, 1.165) is 12.8 Å². The molecular formula is C11H12N2O. The maximum atomic E-state index is 8.59. The molecule has 0 saturated heterocycles. The van der Waals surface area contributed by atoms with E-state index >= 15 is 0 Å². The number of nitriles is 1. The molecule has 0 aliphatic carbocycles. The molecule has 1 aromatic heterocycles. The van der Waals surface area contributed by atoms with Gasteiger partial charge in [-0.2, -0.15) is 5.26 Å². The molecule has 0 radical (unpaired) electrons. The molecule has 0 amide bonds. The Morgan fingerprint density at radius 2 is 2.43 bits per heavy atom. The molecular weight excluding hydrogens is 176 g/mol. The lowest BCUT2D eigenvalue weighted by atomic mass is 10.3. The summed E-state index contributed by atoms with van der Waals surface area (Å²) in [6, 6.07) is 7.11. The minimum atomic E-state index is 0.381. The standard InChI is InChI=1S/C11H12N2O/c1-2-3-4-8-14-11-7-5-6-10(9-12)13-11/h2,5-7H,1,3-4,8H2. The summed E-state index contributed by atoms with van der Waals surface area (Å²) < 4.78 is 5.34. The predicted molar refractivity (Wildman–Crippen MR) is 53.9 cm³/mol. The van der Waals surface area contributed by atoms with Crippen molar-refractivity contribution in [1.29, 1.82) is 5.26 Å². The Hall–Kier alpha value is -1.82. The molecule has 0 atom stereocenters. The van der Waals surface area contributed by atoms with E-state index in [4.69, 9.17) is 10.00 Å². The van der Waals surface area contributed by atoms with Gasteiger partial charge in [0.1, 0.15) is 11.8 Å². The Kier molecular flexibility index (Phi) is 4.22. The highest BCUT2D eigenvalue weighted by Gasteiger charge is 1.96. The summed E-state index contributed by atoms with van der Waals surface area (Å²) in [5, 5.41) is 8.59. The van der Waals surface area contributed by atoms with Gasteiger partial charge >= 0.3 is 0 Å². The van der Waals surface area contributed by atoms with Crippen molar-refractivity contribution in [3.05, 3.63) is 36.5 Å². The Balaban J connectivity index is 2.43. The summed E-state index contributed by atoms with van der Waals surface area (Å²) in [5.74, 6) is 0.508. The van der Waals surface area contributed by atoms with E-state index in [1.165, 1.54) is 0 Å². The number of hydrogen-bond donors (Lipinski definition) is 0. The average Bonchev–Trinajstić information content (AvgIpc) is 2.25. The van der Waals surface area contributed by atoms with Gasteiger partial charge in [-0.25, -0.2) is 4.98 Å². The molecule has 0 aliphatic heterocycles. The number of allylic oxidation sites excluding steroid dienone is 1. The first kappa shape index (κ1) is 10.3. The Bertz CT molecular complexity index is 341. The molecule has 0 bridgehead atoms. The summed E-state index contributed by atoms with van der Waals surface area (Å²) in [6.07, 6.45) is 3.70. The second-order valence-electron chi connectivity index (χ2n) is 2.75. The fraction of sp³-hybridized carbons (Fsp3) is 0.273. The first-order valence-electron chi connectivity index (χ1n) is 4.47. The van der Waals surface area contributed by atoms with Crippen molar-refractivity contribution in [3.63, 3.8) is 0 Å². The van der Waals surface area contributed by atoms with Crippen molar-refractivity contribution >= 4 is 0 Å². The van der Waals surface area contributed by atoms with Gasteiger partial charge in [-0.15, -0.1) is 6.58 Å². The van der Waals surface area contributed by atoms with Gasteiger partial charge in [0.25, 0.3) is 0 Å². The van der Waals surface area contributed by atoms with Gasteiger partial charge in [-0.1, -0.05) is 12.1 Å². The minimum absolute atomic E-state index is 0.381. The van der Waals surface area contributed by atoms with E-state index in [-0.39, 0.29) is 0 Å². The van der Waals surface area contributed by atoms with Crippen molar-refractivity contribution in [1.82, 2.24) is 4.98 Å². The largest absolute Gasteiger partial charge is 0.478 e. The zero-order valence-electron chi connectivity index (χ0n) is 7.94. The second-order valence-corrected chi connectivity index (χ2v) is 2.75. The molecule has 1 heterocycles. The molecule has 3 heteroatoms. The van der Waals surface area contributed by atoms with Crippen LogP contribution in [0, 0.1) is 11.3 Å². The van der Waals surface area contributed by atoms with Crippen molar-refractivity contribution < 1.29 is 4.74 Å². The lowest BCUT2D eigenvalue weighted by Gasteiger charge is -2.03. The van der Waals surface area contributed by atoms with Gasteiger partial charge in [0.15, 0.2) is 0 Å². The lowest BCUT2D eigenvalue weighted by Crippen LogP contribution is -1.99. The average molecular weight is 188 g/mol. The van der Waals surface area contributed by atoms with Crippen LogP contribution in [-0.4, -0.2) is 11.6 Å². The van der Waals surface area contributed by atoms with Crippen molar-refractivity contribution in [2.45, 2.75) is 12.8 Å². The molecule has 0 aromatic carbocycles. The molecule has 1 rings (SSSR count). The van der Waals surface area contributed by atoms with Crippen LogP contribution in [0.25, 0.3) is 0 Å². The molecule has 72 valence electrons. The zero-order valence-corrected chi connectivity index (χ0v) is 7.94. The number of unbranched alkanes of at least 4 members (excludes halogenated alkanes) is 1. The van der Waals surface area contributed by atoms with Gasteiger partial charge in [0.2, 0.25) is 5.88 Å². The third-order valence-corrected chi connectivity index (χ3v) is 1.64. The van der Waals surface area contributed by atoms with Gasteiger partial charge in [-0.3, -0.25) is 0 Å². The minimum Gasteiger partial charge on any atom is -0.478 e. The normalized spacial score (nSPS) is 9.07. The molecule has 0 spiro atoms. The number of nitrogens with zero attached hydrogens (tertiary/aromatic N) is 2. The monoisotopic (exact) mass is 188 g/mol. The van der Waals surface area contributed by atoms with E-state index in [0.29, 0.717) is 18.2 Å². The summed E-state index contributed by atoms with van der Waals surface area (Å²) in [5.41, 5.74) is 0.381. The molecule has 0 fully saturated rings. The maximum Gasteiger partial charge on any atom is 0.214 e. The van der Waals surface area contributed by atoms with Crippen LogP contribution in [0.1, 0.15) is 18.5 Å². The van der Waals surface area contributed by atoms with Gasteiger partial charge in [0, 0.05) is 6.07 Å². The van der Waals surface area contributed by atoms with Gasteiger partial charge < -0.3 is 4.74 Å². The van der Waals surface area contributed by atoms with Crippen LogP contribution in [-0.2, 0) is 0 Å². The lowest BCUT2D eigenvalue weighted by molar-refractivity contribution is 0.300. The smallest absolute Gasteiger partial charge is 0.214 e. The first-order chi connectivity index (χ1) is 6.86. The second kappa shape index (κ2) is 5.76. The SMILES string of the molecule is C=CCCCOc1cccc(C#N)n1. The molecule has 0 N–H and O–H groups in total. The van der Waals surface area contributed by atoms with Crippen LogP contribution in [0.15, 0.2) is 30.9 Å². The molecule has 14 heavy (non-hydrogen) atoms. The Morgan fingerprint density at radius 1 is 1.57 bits per heavy atom. The van der Waals surface area contributed by atoms with Gasteiger partial charge in [0.05, 0.1) is 6.61 Å². The van der Waals surface area contributed by atoms with E-state index < -0.39 is 0 Å². The highest BCUT2D eigenvalue weighted by atomic mass is 16.5. The van der Waals surface area contributed by atoms with Crippen molar-refractivity contribution in [3.8, 4) is 11.9 Å². The Morgan fingerprint density at radius 3 is 3.14 bits per heavy atom. The predicted octanol–water partition coefficient (Wildman–Crippen LogP) is 2.30. The van der Waals surface area contributed by atoms with Gasteiger partial charge in [-0.05, 0) is 18.9 Å². The zero-order chi connectivity index (χ0) is 10.2. The molecule has 0 saturated carbocycles. The quantitative estimate of drug-likeness (QED) is 0.526. The van der Waals surface area contributed by atoms with Crippen LogP contribution in [0.4, 0.5) is 0 Å². The van der Waals surface area contributed by atoms with E-state index in [2.05, 4.69) is 11.6 Å². The fourth-order valence-electron chi connectivity index (χ4n) is 0.962. The van der Waals surface area contributed by atoms with Crippen molar-refractivity contribution in [2.24, 2.45) is 0 Å². The summed E-state index contributed by atoms with van der Waals surface area (Å²) in [7, 11) is 0. The van der Waals surface area contributed by atoms with Crippen LogP contribution in [0.2, 0.25) is 0 Å². The van der Waals surface area contributed by atoms with Crippen LogP contribution in [0.3, 0.4) is 0 Å². The molecule has 0 unspecified atom stereocenters. The highest BCUT2D eigenvalue weighted by Crippen LogP contribution is 2.07. The third-order valence-electron chi connectivity index (χ3n) is 1.64. The molecule has 1 aromatic rings. The van der Waals surface area contributed by atoms with Crippen LogP contribution < -0.4 is 4.74 Å². The van der Waals surface area contributed by atoms with E-state index in [1.54, 1.807) is 18.2 Å². The Labute approximate surface area is 83.7 Å². The number of aromatic nitrogens is 1. The van der Waals surface area contributed by atoms with Crippen LogP contribution in [0.5, 0.6) is 5.88 Å². The molecule has 0 aliphatic rings. The maximum absolute atomic E-state index is 8.59. The van der Waals surface area contributed by atoms with E-state index in [9.17, 15) is 0 Å². The fourth-order valence-corrected chi connectivity index (χ4v) is 0.962. The number of pyridine rings is 1. The topological polar surface area (TPSA) is 45.9 Å². The van der Waals surface area contributed by atoms with E-state index in [1.807, 2.05) is 12.1 Å². The van der Waals surface area contributed by atoms with Crippen molar-refractivity contribution in [2.75, 3.05) is 6.61 Å². The molecule has 3 nitrogen and oxygen atoms in total. The number of hydrogen-bond acceptors (Lipinski definition) is 3. The highest BCUT2D eigenvalue weighted by molar-refractivity contribution is 5.24. The summed E-state index contributed by atoms with van der Waals surface area (Å²) in [6.45, 7) is 4.22. The van der Waals surface area contributed by atoms with Crippen LogP contribution >= 0.6 is 0 Å². The summed E-state index contributed by atoms with van der Waals surface area (Å²) in [4.78, 5) is 3.98. The number of rotatable bonds is 5. The first-order valence-corrected chi connectivity index (χ1v) is 4.47. The summed E-state index contributed by atoms with van der Waals surface area (Å²) >= 11 is 0. The number of ether oxygens (including phenoxy) is 1. The third kappa shape index (κ3) is 3.28.